The second-order valence-corrected chi connectivity index (χ2v) is 8.78. The molecule has 0 saturated carbocycles. The van der Waals surface area contributed by atoms with Gasteiger partial charge in [0.05, 0.1) is 14.3 Å². The van der Waals surface area contributed by atoms with Crippen molar-refractivity contribution in [1.82, 2.24) is 15.0 Å². The average Bonchev–Trinajstić information content (AvgIpc) is 2.83. The van der Waals surface area contributed by atoms with Crippen molar-refractivity contribution in [1.29, 1.82) is 0 Å². The van der Waals surface area contributed by atoms with Crippen molar-refractivity contribution in [3.8, 4) is 11.5 Å². The Morgan fingerprint density at radius 2 is 1.90 bits per heavy atom. The van der Waals surface area contributed by atoms with E-state index < -0.39 is 0 Å². The van der Waals surface area contributed by atoms with Crippen LogP contribution in [0.25, 0.3) is 11.5 Å². The lowest BCUT2D eigenvalue weighted by atomic mass is 9.98. The molecule has 0 amide bonds. The number of rotatable bonds is 3. The first kappa shape index (κ1) is 17.1. The van der Waals surface area contributed by atoms with E-state index in [-0.39, 0.29) is 5.41 Å². The fourth-order valence-electron chi connectivity index (χ4n) is 1.82. The Bertz CT molecular complexity index is 647. The predicted octanol–water partition coefficient (Wildman–Crippen LogP) is 5.35. The molecule has 114 valence electrons. The van der Waals surface area contributed by atoms with Crippen molar-refractivity contribution in [2.75, 3.05) is 0 Å². The van der Waals surface area contributed by atoms with E-state index in [1.807, 2.05) is 5.38 Å². The van der Waals surface area contributed by atoms with Crippen LogP contribution in [0.3, 0.4) is 0 Å². The van der Waals surface area contributed by atoms with Gasteiger partial charge in [-0.25, -0.2) is 15.0 Å². The summed E-state index contributed by atoms with van der Waals surface area (Å²) in [5.74, 6) is 1.15. The van der Waals surface area contributed by atoms with Gasteiger partial charge in [-0.05, 0) is 34.9 Å². The molecule has 0 spiro atoms. The van der Waals surface area contributed by atoms with Crippen molar-refractivity contribution in [3.63, 3.8) is 0 Å². The van der Waals surface area contributed by atoms with Gasteiger partial charge in [0.2, 0.25) is 0 Å². The molecule has 0 aliphatic heterocycles. The molecule has 2 rings (SSSR count). The van der Waals surface area contributed by atoms with Crippen molar-refractivity contribution < 1.29 is 0 Å². The third-order valence-electron chi connectivity index (χ3n) is 2.86. The molecular weight excluding hydrogens is 417 g/mol. The van der Waals surface area contributed by atoms with Crippen molar-refractivity contribution >= 4 is 45.5 Å². The minimum absolute atomic E-state index is 0.0384. The highest BCUT2D eigenvalue weighted by Crippen LogP contribution is 2.30. The zero-order valence-electron chi connectivity index (χ0n) is 12.9. The highest BCUT2D eigenvalue weighted by molar-refractivity contribution is 14.1. The molecule has 2 aromatic rings. The molecular formula is C15H19ClIN3S. The fraction of sp³-hybridized carbons (Fsp3) is 0.533. The average molecular weight is 436 g/mol. The SMILES string of the molecule is CC(C)Cc1nc(-c2csc(C(C)(C)C)n2)nc(Cl)c1I. The molecule has 0 unspecified atom stereocenters. The monoisotopic (exact) mass is 435 g/mol. The molecule has 3 nitrogen and oxygen atoms in total. The Labute approximate surface area is 148 Å². The molecule has 6 heteroatoms. The summed E-state index contributed by atoms with van der Waals surface area (Å²) < 4.78 is 0.943. The fourth-order valence-corrected chi connectivity index (χ4v) is 3.36. The van der Waals surface area contributed by atoms with Crippen molar-refractivity contribution in [3.05, 3.63) is 24.8 Å². The summed E-state index contributed by atoms with van der Waals surface area (Å²) in [4.78, 5) is 13.8. The summed E-state index contributed by atoms with van der Waals surface area (Å²) in [5, 5.41) is 3.61. The number of thiazole rings is 1. The normalized spacial score (nSPS) is 12.2. The lowest BCUT2D eigenvalue weighted by Crippen LogP contribution is -2.10. The summed E-state index contributed by atoms with van der Waals surface area (Å²) >= 11 is 10.1. The van der Waals surface area contributed by atoms with E-state index in [1.54, 1.807) is 11.3 Å². The van der Waals surface area contributed by atoms with E-state index in [9.17, 15) is 0 Å². The second-order valence-electron chi connectivity index (χ2n) is 6.48. The molecule has 21 heavy (non-hydrogen) atoms. The minimum atomic E-state index is 0.0384. The summed E-state index contributed by atoms with van der Waals surface area (Å²) in [6, 6.07) is 0. The Kier molecular flexibility index (Phi) is 5.26. The maximum atomic E-state index is 6.27. The zero-order chi connectivity index (χ0) is 15.8. The Morgan fingerprint density at radius 3 is 2.43 bits per heavy atom. The Morgan fingerprint density at radius 1 is 1.24 bits per heavy atom. The molecule has 2 aromatic heterocycles. The number of hydrogen-bond acceptors (Lipinski definition) is 4. The third-order valence-corrected chi connectivity index (χ3v) is 5.85. The highest BCUT2D eigenvalue weighted by atomic mass is 127. The summed E-state index contributed by atoms with van der Waals surface area (Å²) in [7, 11) is 0. The maximum absolute atomic E-state index is 6.27. The van der Waals surface area contributed by atoms with Gasteiger partial charge in [0.25, 0.3) is 0 Å². The van der Waals surface area contributed by atoms with Crippen LogP contribution in [0.5, 0.6) is 0 Å². The molecule has 0 N–H and O–H groups in total. The zero-order valence-corrected chi connectivity index (χ0v) is 16.6. The highest BCUT2D eigenvalue weighted by Gasteiger charge is 2.20. The summed E-state index contributed by atoms with van der Waals surface area (Å²) in [6.07, 6.45) is 0.893. The van der Waals surface area contributed by atoms with Gasteiger partial charge < -0.3 is 0 Å². The van der Waals surface area contributed by atoms with E-state index in [0.29, 0.717) is 16.9 Å². The standard InChI is InChI=1S/C15H19ClIN3S/c1-8(2)6-9-11(17)12(16)20-13(18-9)10-7-21-14(19-10)15(3,4)5/h7-8H,6H2,1-5H3. The van der Waals surface area contributed by atoms with E-state index >= 15 is 0 Å². The maximum Gasteiger partial charge on any atom is 0.180 e. The molecule has 0 bridgehead atoms. The molecule has 2 heterocycles. The van der Waals surface area contributed by atoms with Gasteiger partial charge in [-0.1, -0.05) is 46.2 Å². The van der Waals surface area contributed by atoms with Crippen LogP contribution in [0.2, 0.25) is 5.15 Å². The molecule has 0 atom stereocenters. The van der Waals surface area contributed by atoms with Crippen LogP contribution in [0.15, 0.2) is 5.38 Å². The Hall–Kier alpha value is -0.270. The van der Waals surface area contributed by atoms with Crippen molar-refractivity contribution in [2.24, 2.45) is 5.92 Å². The van der Waals surface area contributed by atoms with E-state index in [4.69, 9.17) is 11.6 Å². The Balaban J connectivity index is 2.44. The van der Waals surface area contributed by atoms with Crippen LogP contribution in [-0.4, -0.2) is 15.0 Å². The van der Waals surface area contributed by atoms with E-state index in [0.717, 1.165) is 26.4 Å². The van der Waals surface area contributed by atoms with Gasteiger partial charge in [0.15, 0.2) is 5.82 Å². The number of nitrogens with zero attached hydrogens (tertiary/aromatic N) is 3. The van der Waals surface area contributed by atoms with Gasteiger partial charge in [0, 0.05) is 10.8 Å². The largest absolute Gasteiger partial charge is 0.237 e. The van der Waals surface area contributed by atoms with E-state index in [2.05, 4.69) is 72.2 Å². The molecule has 0 fully saturated rings. The third kappa shape index (κ3) is 4.13. The minimum Gasteiger partial charge on any atom is -0.237 e. The number of aromatic nitrogens is 3. The van der Waals surface area contributed by atoms with Gasteiger partial charge in [-0.3, -0.25) is 0 Å². The summed E-state index contributed by atoms with van der Waals surface area (Å²) in [6.45, 7) is 10.8. The number of hydrogen-bond donors (Lipinski definition) is 0. The summed E-state index contributed by atoms with van der Waals surface area (Å²) in [5.41, 5.74) is 1.86. The van der Waals surface area contributed by atoms with Crippen LogP contribution in [0.4, 0.5) is 0 Å². The molecule has 0 aromatic carbocycles. The molecule has 0 aliphatic carbocycles. The first-order chi connectivity index (χ1) is 9.68. The first-order valence-electron chi connectivity index (χ1n) is 6.86. The lowest BCUT2D eigenvalue weighted by molar-refractivity contribution is 0.585. The quantitative estimate of drug-likeness (QED) is 0.481. The molecule has 0 radical (unpaired) electrons. The van der Waals surface area contributed by atoms with Crippen LogP contribution in [0.1, 0.15) is 45.3 Å². The molecule has 0 aliphatic rings. The molecule has 0 saturated heterocycles. The predicted molar refractivity (Wildman–Crippen MR) is 98.1 cm³/mol. The van der Waals surface area contributed by atoms with Crippen LogP contribution in [0, 0.1) is 9.49 Å². The van der Waals surface area contributed by atoms with Crippen LogP contribution in [-0.2, 0) is 11.8 Å². The van der Waals surface area contributed by atoms with Gasteiger partial charge in [-0.15, -0.1) is 11.3 Å². The lowest BCUT2D eigenvalue weighted by Gasteiger charge is -2.13. The topological polar surface area (TPSA) is 38.7 Å². The van der Waals surface area contributed by atoms with E-state index in [1.165, 1.54) is 0 Å². The van der Waals surface area contributed by atoms with Crippen LogP contribution >= 0.6 is 45.5 Å². The van der Waals surface area contributed by atoms with Crippen LogP contribution < -0.4 is 0 Å². The second kappa shape index (κ2) is 6.46. The van der Waals surface area contributed by atoms with Gasteiger partial charge >= 0.3 is 0 Å². The number of halogens is 2. The van der Waals surface area contributed by atoms with Crippen molar-refractivity contribution in [2.45, 2.75) is 46.5 Å². The smallest absolute Gasteiger partial charge is 0.180 e. The van der Waals surface area contributed by atoms with Gasteiger partial charge in [-0.2, -0.15) is 0 Å². The van der Waals surface area contributed by atoms with Gasteiger partial charge in [0.1, 0.15) is 10.8 Å². The first-order valence-corrected chi connectivity index (χ1v) is 9.20.